The molecule has 0 spiro atoms. The van der Waals surface area contributed by atoms with Gasteiger partial charge in [0.15, 0.2) is 0 Å². The maximum Gasteiger partial charge on any atom is -0.0250 e. The molecule has 0 saturated carbocycles. The van der Waals surface area contributed by atoms with Gasteiger partial charge in [-0.1, -0.05) is 69.4 Å². The summed E-state index contributed by atoms with van der Waals surface area (Å²) >= 11 is 0. The van der Waals surface area contributed by atoms with Gasteiger partial charge in [-0.15, -0.1) is 0 Å². The number of hydrogen-bond donors (Lipinski definition) is 0. The molecule has 0 saturated heterocycles. The van der Waals surface area contributed by atoms with Gasteiger partial charge in [0, 0.05) is 0 Å². The first kappa shape index (κ1) is 12.3. The van der Waals surface area contributed by atoms with Crippen LogP contribution in [0.1, 0.15) is 44.6 Å². The van der Waals surface area contributed by atoms with Crippen molar-refractivity contribution in [1.29, 1.82) is 0 Å². The van der Waals surface area contributed by atoms with Gasteiger partial charge >= 0.3 is 0 Å². The largest absolute Gasteiger partial charge is 0.0654 e. The molecule has 0 nitrogen and oxygen atoms in total. The molecule has 0 aliphatic rings. The van der Waals surface area contributed by atoms with E-state index in [1.54, 1.807) is 0 Å². The molecule has 1 aromatic carbocycles. The SMILES string of the molecule is [CH2]C(CCCCCC)Cc1ccccc1. The Morgan fingerprint density at radius 1 is 1.07 bits per heavy atom. The number of rotatable bonds is 7. The molecule has 0 heterocycles. The molecule has 15 heavy (non-hydrogen) atoms. The van der Waals surface area contributed by atoms with Crippen molar-refractivity contribution >= 4 is 0 Å². The van der Waals surface area contributed by atoms with Crippen molar-refractivity contribution in [3.05, 3.63) is 42.8 Å². The summed E-state index contributed by atoms with van der Waals surface area (Å²) in [6, 6.07) is 10.7. The fourth-order valence-corrected chi connectivity index (χ4v) is 1.91. The third-order valence-electron chi connectivity index (χ3n) is 2.83. The lowest BCUT2D eigenvalue weighted by Crippen LogP contribution is -1.99. The monoisotopic (exact) mass is 203 g/mol. The lowest BCUT2D eigenvalue weighted by atomic mass is 9.95. The highest BCUT2D eigenvalue weighted by atomic mass is 14.1. The Balaban J connectivity index is 2.16. The van der Waals surface area contributed by atoms with Gasteiger partial charge in [0.1, 0.15) is 0 Å². The van der Waals surface area contributed by atoms with Crippen molar-refractivity contribution in [1.82, 2.24) is 0 Å². The van der Waals surface area contributed by atoms with Crippen molar-refractivity contribution in [2.24, 2.45) is 5.92 Å². The van der Waals surface area contributed by atoms with Crippen LogP contribution in [0.25, 0.3) is 0 Å². The zero-order chi connectivity index (χ0) is 10.9. The lowest BCUT2D eigenvalue weighted by molar-refractivity contribution is 0.525. The number of benzene rings is 1. The van der Waals surface area contributed by atoms with Gasteiger partial charge in [0.2, 0.25) is 0 Å². The molecule has 1 radical (unpaired) electrons. The first-order valence-corrected chi connectivity index (χ1v) is 6.20. The Kier molecular flexibility index (Phi) is 6.15. The maximum absolute atomic E-state index is 4.23. The van der Waals surface area contributed by atoms with Crippen LogP contribution in [-0.4, -0.2) is 0 Å². The Morgan fingerprint density at radius 2 is 1.80 bits per heavy atom. The van der Waals surface area contributed by atoms with Gasteiger partial charge in [-0.3, -0.25) is 0 Å². The van der Waals surface area contributed by atoms with Gasteiger partial charge in [0.05, 0.1) is 0 Å². The number of hydrogen-bond acceptors (Lipinski definition) is 0. The highest BCUT2D eigenvalue weighted by Gasteiger charge is 2.02. The smallest absolute Gasteiger partial charge is 0.0250 e. The predicted octanol–water partition coefficient (Wildman–Crippen LogP) is 4.65. The molecule has 1 unspecified atom stereocenters. The molecule has 0 aromatic heterocycles. The summed E-state index contributed by atoms with van der Waals surface area (Å²) in [5, 5.41) is 0. The van der Waals surface area contributed by atoms with Crippen LogP contribution in [0.15, 0.2) is 30.3 Å². The molecule has 1 rings (SSSR count). The van der Waals surface area contributed by atoms with E-state index in [9.17, 15) is 0 Å². The number of unbranched alkanes of at least 4 members (excludes halogenated alkanes) is 3. The van der Waals surface area contributed by atoms with Crippen LogP contribution in [0.2, 0.25) is 0 Å². The van der Waals surface area contributed by atoms with Crippen molar-refractivity contribution < 1.29 is 0 Å². The van der Waals surface area contributed by atoms with Crippen LogP contribution in [0, 0.1) is 12.8 Å². The fraction of sp³-hybridized carbons (Fsp3) is 0.533. The normalized spacial score (nSPS) is 12.7. The van der Waals surface area contributed by atoms with E-state index in [4.69, 9.17) is 0 Å². The highest BCUT2D eigenvalue weighted by molar-refractivity contribution is 5.15. The van der Waals surface area contributed by atoms with E-state index in [0.717, 1.165) is 6.42 Å². The first-order chi connectivity index (χ1) is 7.33. The first-order valence-electron chi connectivity index (χ1n) is 6.20. The molecule has 0 bridgehead atoms. The Hall–Kier alpha value is -0.780. The minimum atomic E-state index is 0.587. The van der Waals surface area contributed by atoms with Crippen molar-refractivity contribution in [3.63, 3.8) is 0 Å². The van der Waals surface area contributed by atoms with E-state index >= 15 is 0 Å². The quantitative estimate of drug-likeness (QED) is 0.566. The Morgan fingerprint density at radius 3 is 2.47 bits per heavy atom. The van der Waals surface area contributed by atoms with Gasteiger partial charge in [-0.05, 0) is 24.8 Å². The Bertz CT molecular complexity index is 237. The summed E-state index contributed by atoms with van der Waals surface area (Å²) in [6.45, 7) is 6.49. The molecule has 0 amide bonds. The maximum atomic E-state index is 4.23. The molecule has 83 valence electrons. The molecule has 0 N–H and O–H groups in total. The minimum absolute atomic E-state index is 0.587. The van der Waals surface area contributed by atoms with Crippen LogP contribution >= 0.6 is 0 Å². The van der Waals surface area contributed by atoms with Gasteiger partial charge in [-0.25, -0.2) is 0 Å². The fourth-order valence-electron chi connectivity index (χ4n) is 1.91. The zero-order valence-electron chi connectivity index (χ0n) is 9.91. The third kappa shape index (κ3) is 5.61. The van der Waals surface area contributed by atoms with Crippen molar-refractivity contribution in [3.8, 4) is 0 Å². The van der Waals surface area contributed by atoms with E-state index < -0.39 is 0 Å². The van der Waals surface area contributed by atoms with Gasteiger partial charge in [-0.2, -0.15) is 0 Å². The Labute approximate surface area is 94.7 Å². The van der Waals surface area contributed by atoms with E-state index in [1.807, 2.05) is 0 Å². The van der Waals surface area contributed by atoms with Crippen LogP contribution < -0.4 is 0 Å². The summed E-state index contributed by atoms with van der Waals surface area (Å²) < 4.78 is 0. The molecular formula is C15H23. The van der Waals surface area contributed by atoms with Crippen LogP contribution in [0.5, 0.6) is 0 Å². The van der Waals surface area contributed by atoms with E-state index in [0.29, 0.717) is 5.92 Å². The molecule has 1 aromatic rings. The van der Waals surface area contributed by atoms with Crippen molar-refractivity contribution in [2.75, 3.05) is 0 Å². The van der Waals surface area contributed by atoms with E-state index in [1.165, 1.54) is 37.7 Å². The summed E-state index contributed by atoms with van der Waals surface area (Å²) in [7, 11) is 0. The summed E-state index contributed by atoms with van der Waals surface area (Å²) in [4.78, 5) is 0. The summed E-state index contributed by atoms with van der Waals surface area (Å²) in [6.07, 6.45) is 7.81. The van der Waals surface area contributed by atoms with Crippen LogP contribution in [0.3, 0.4) is 0 Å². The predicted molar refractivity (Wildman–Crippen MR) is 67.8 cm³/mol. The average Bonchev–Trinajstić information content (AvgIpc) is 2.26. The average molecular weight is 203 g/mol. The summed E-state index contributed by atoms with van der Waals surface area (Å²) in [5.74, 6) is 0.587. The molecule has 0 heteroatoms. The van der Waals surface area contributed by atoms with Gasteiger partial charge < -0.3 is 0 Å². The lowest BCUT2D eigenvalue weighted by Gasteiger charge is -2.10. The second-order valence-corrected chi connectivity index (χ2v) is 4.41. The highest BCUT2D eigenvalue weighted by Crippen LogP contribution is 2.15. The standard InChI is InChI=1S/C15H23/c1-3-4-5-7-10-14(2)13-15-11-8-6-9-12-15/h6,8-9,11-12,14H,2-5,7,10,13H2,1H3. The van der Waals surface area contributed by atoms with E-state index in [2.05, 4.69) is 44.2 Å². The molecular weight excluding hydrogens is 180 g/mol. The van der Waals surface area contributed by atoms with Crippen LogP contribution in [-0.2, 0) is 6.42 Å². The molecule has 0 aliphatic carbocycles. The molecule has 0 aliphatic heterocycles. The third-order valence-corrected chi connectivity index (χ3v) is 2.83. The second kappa shape index (κ2) is 7.50. The molecule has 1 atom stereocenters. The van der Waals surface area contributed by atoms with E-state index in [-0.39, 0.29) is 0 Å². The molecule has 0 fully saturated rings. The zero-order valence-corrected chi connectivity index (χ0v) is 9.91. The van der Waals surface area contributed by atoms with Crippen molar-refractivity contribution in [2.45, 2.75) is 45.4 Å². The summed E-state index contributed by atoms with van der Waals surface area (Å²) in [5.41, 5.74) is 1.42. The second-order valence-electron chi connectivity index (χ2n) is 4.41. The van der Waals surface area contributed by atoms with Crippen LogP contribution in [0.4, 0.5) is 0 Å². The minimum Gasteiger partial charge on any atom is -0.0654 e. The van der Waals surface area contributed by atoms with Gasteiger partial charge in [0.25, 0.3) is 0 Å². The topological polar surface area (TPSA) is 0 Å².